The first-order valence-corrected chi connectivity index (χ1v) is 7.69. The van der Waals surface area contributed by atoms with Crippen molar-refractivity contribution in [3.8, 4) is 0 Å². The van der Waals surface area contributed by atoms with Gasteiger partial charge in [0.1, 0.15) is 0 Å². The zero-order chi connectivity index (χ0) is 15.0. The average molecular weight is 313 g/mol. The molecule has 0 unspecified atom stereocenters. The molecule has 5 heteroatoms. The fraction of sp³-hybridized carbons (Fsp3) is 0.467. The number of anilines is 1. The molecule has 0 atom stereocenters. The normalized spacial score (nSPS) is 10.2. The average Bonchev–Trinajstić information content (AvgIpc) is 2.40. The summed E-state index contributed by atoms with van der Waals surface area (Å²) >= 11 is 11.2. The maximum atomic E-state index is 11.7. The first-order chi connectivity index (χ1) is 9.54. The third kappa shape index (κ3) is 5.88. The molecular formula is C15H21ClN2OS. The fourth-order valence-electron chi connectivity index (χ4n) is 1.80. The van der Waals surface area contributed by atoms with Gasteiger partial charge in [0.25, 0.3) is 0 Å². The van der Waals surface area contributed by atoms with Crippen LogP contribution in [0.1, 0.15) is 44.6 Å². The van der Waals surface area contributed by atoms with Crippen LogP contribution in [-0.2, 0) is 4.79 Å². The molecule has 3 nitrogen and oxygen atoms in total. The number of carbonyl (C=O) groups excluding carboxylic acids is 1. The minimum Gasteiger partial charge on any atom is -0.332 e. The maximum Gasteiger partial charge on any atom is 0.226 e. The number of amides is 1. The fourth-order valence-corrected chi connectivity index (χ4v) is 2.20. The molecule has 0 saturated heterocycles. The summed E-state index contributed by atoms with van der Waals surface area (Å²) < 4.78 is 0. The smallest absolute Gasteiger partial charge is 0.226 e. The Kier molecular flexibility index (Phi) is 7.55. The molecule has 20 heavy (non-hydrogen) atoms. The van der Waals surface area contributed by atoms with Gasteiger partial charge in [0, 0.05) is 17.1 Å². The van der Waals surface area contributed by atoms with E-state index in [4.69, 9.17) is 23.8 Å². The van der Waals surface area contributed by atoms with Crippen molar-refractivity contribution in [2.45, 2.75) is 46.0 Å². The van der Waals surface area contributed by atoms with E-state index in [0.717, 1.165) is 36.9 Å². The van der Waals surface area contributed by atoms with Crippen molar-refractivity contribution in [1.29, 1.82) is 0 Å². The van der Waals surface area contributed by atoms with E-state index in [1.54, 1.807) is 0 Å². The van der Waals surface area contributed by atoms with Crippen LogP contribution in [0.3, 0.4) is 0 Å². The summed E-state index contributed by atoms with van der Waals surface area (Å²) in [6.45, 7) is 4.05. The van der Waals surface area contributed by atoms with Crippen molar-refractivity contribution < 1.29 is 4.79 Å². The van der Waals surface area contributed by atoms with Gasteiger partial charge in [-0.1, -0.05) is 43.9 Å². The molecule has 0 heterocycles. The summed E-state index contributed by atoms with van der Waals surface area (Å²) in [4.78, 5) is 11.7. The molecule has 0 aliphatic carbocycles. The van der Waals surface area contributed by atoms with Gasteiger partial charge in [-0.2, -0.15) is 0 Å². The van der Waals surface area contributed by atoms with Gasteiger partial charge in [-0.25, -0.2) is 0 Å². The summed E-state index contributed by atoms with van der Waals surface area (Å²) in [5.41, 5.74) is 1.72. The Labute approximate surface area is 131 Å². The summed E-state index contributed by atoms with van der Waals surface area (Å²) in [6.07, 6.45) is 4.82. The van der Waals surface area contributed by atoms with E-state index in [2.05, 4.69) is 17.6 Å². The first kappa shape index (κ1) is 16.9. The van der Waals surface area contributed by atoms with Gasteiger partial charge in [-0.05, 0) is 43.3 Å². The van der Waals surface area contributed by atoms with Crippen molar-refractivity contribution >= 4 is 40.5 Å². The number of unbranched alkanes of at least 4 members (excludes halogenated alkanes) is 3. The summed E-state index contributed by atoms with van der Waals surface area (Å²) in [7, 11) is 0. The van der Waals surface area contributed by atoms with Gasteiger partial charge in [0.2, 0.25) is 5.91 Å². The molecule has 0 bridgehead atoms. The molecule has 1 amide bonds. The predicted octanol–water partition coefficient (Wildman–Crippen LogP) is 4.43. The van der Waals surface area contributed by atoms with E-state index < -0.39 is 0 Å². The zero-order valence-electron chi connectivity index (χ0n) is 12.0. The summed E-state index contributed by atoms with van der Waals surface area (Å²) in [6, 6.07) is 5.53. The molecule has 0 fully saturated rings. The van der Waals surface area contributed by atoms with E-state index in [9.17, 15) is 4.79 Å². The van der Waals surface area contributed by atoms with Gasteiger partial charge in [-0.3, -0.25) is 4.79 Å². The second-order valence-electron chi connectivity index (χ2n) is 4.73. The lowest BCUT2D eigenvalue weighted by Gasteiger charge is -2.12. The third-order valence-corrected chi connectivity index (χ3v) is 3.64. The van der Waals surface area contributed by atoms with Gasteiger partial charge >= 0.3 is 0 Å². The molecule has 0 spiro atoms. The molecule has 0 aliphatic rings. The van der Waals surface area contributed by atoms with Crippen LogP contribution in [0.4, 0.5) is 5.69 Å². The molecule has 0 saturated carbocycles. The molecule has 1 aromatic carbocycles. The topological polar surface area (TPSA) is 41.1 Å². The molecule has 1 aromatic rings. The lowest BCUT2D eigenvalue weighted by molar-refractivity contribution is -0.119. The highest BCUT2D eigenvalue weighted by atomic mass is 35.5. The Morgan fingerprint density at radius 3 is 2.75 bits per heavy atom. The van der Waals surface area contributed by atoms with Crippen LogP contribution in [0.5, 0.6) is 0 Å². The second-order valence-corrected chi connectivity index (χ2v) is 5.54. The van der Waals surface area contributed by atoms with Crippen LogP contribution in [0, 0.1) is 6.92 Å². The quantitative estimate of drug-likeness (QED) is 0.603. The number of nitrogens with one attached hydrogen (secondary N) is 2. The number of thiocarbonyl (C=S) groups is 1. The van der Waals surface area contributed by atoms with Gasteiger partial charge in [0.05, 0.1) is 0 Å². The summed E-state index contributed by atoms with van der Waals surface area (Å²) in [5, 5.41) is 6.67. The number of carbonyl (C=O) groups is 1. The largest absolute Gasteiger partial charge is 0.332 e. The van der Waals surface area contributed by atoms with Crippen LogP contribution in [-0.4, -0.2) is 11.0 Å². The molecule has 0 aliphatic heterocycles. The zero-order valence-corrected chi connectivity index (χ0v) is 13.5. The van der Waals surface area contributed by atoms with E-state index in [-0.39, 0.29) is 5.91 Å². The Balaban J connectivity index is 2.39. The molecule has 0 radical (unpaired) electrons. The monoisotopic (exact) mass is 312 g/mol. The molecule has 2 N–H and O–H groups in total. The van der Waals surface area contributed by atoms with Crippen LogP contribution >= 0.6 is 23.8 Å². The molecular weight excluding hydrogens is 292 g/mol. The van der Waals surface area contributed by atoms with Crippen molar-refractivity contribution in [3.63, 3.8) is 0 Å². The van der Waals surface area contributed by atoms with E-state index in [1.165, 1.54) is 0 Å². The standard InChI is InChI=1S/C15H21ClN2OS/c1-3-4-5-6-10-14(19)18-15(20)17-13-9-7-8-12(16)11(13)2/h7-9H,3-6,10H2,1-2H3,(H2,17,18,19,20). The van der Waals surface area contributed by atoms with Crippen LogP contribution < -0.4 is 10.6 Å². The Bertz CT molecular complexity index is 477. The van der Waals surface area contributed by atoms with Crippen molar-refractivity contribution in [1.82, 2.24) is 5.32 Å². The first-order valence-electron chi connectivity index (χ1n) is 6.90. The van der Waals surface area contributed by atoms with Crippen molar-refractivity contribution in [2.75, 3.05) is 5.32 Å². The highest BCUT2D eigenvalue weighted by Crippen LogP contribution is 2.22. The molecule has 1 rings (SSSR count). The lowest BCUT2D eigenvalue weighted by Crippen LogP contribution is -2.34. The number of hydrogen-bond donors (Lipinski definition) is 2. The highest BCUT2D eigenvalue weighted by Gasteiger charge is 2.07. The van der Waals surface area contributed by atoms with E-state index in [1.807, 2.05) is 25.1 Å². The highest BCUT2D eigenvalue weighted by molar-refractivity contribution is 7.80. The van der Waals surface area contributed by atoms with Crippen LogP contribution in [0.25, 0.3) is 0 Å². The number of halogens is 1. The van der Waals surface area contributed by atoms with Crippen LogP contribution in [0.2, 0.25) is 5.02 Å². The minimum absolute atomic E-state index is 0.0433. The Morgan fingerprint density at radius 2 is 2.05 bits per heavy atom. The maximum absolute atomic E-state index is 11.7. The van der Waals surface area contributed by atoms with Crippen molar-refractivity contribution in [2.24, 2.45) is 0 Å². The van der Waals surface area contributed by atoms with Gasteiger partial charge in [0.15, 0.2) is 5.11 Å². The Morgan fingerprint density at radius 1 is 1.30 bits per heavy atom. The van der Waals surface area contributed by atoms with Crippen molar-refractivity contribution in [3.05, 3.63) is 28.8 Å². The molecule has 110 valence electrons. The number of benzene rings is 1. The number of rotatable bonds is 6. The number of hydrogen-bond acceptors (Lipinski definition) is 2. The summed E-state index contributed by atoms with van der Waals surface area (Å²) in [5.74, 6) is -0.0433. The van der Waals surface area contributed by atoms with E-state index in [0.29, 0.717) is 16.6 Å². The minimum atomic E-state index is -0.0433. The predicted molar refractivity (Wildman–Crippen MR) is 89.3 cm³/mol. The van der Waals surface area contributed by atoms with Gasteiger partial charge < -0.3 is 10.6 Å². The SMILES string of the molecule is CCCCCCC(=O)NC(=S)Nc1cccc(Cl)c1C. The Hall–Kier alpha value is -1.13. The van der Waals surface area contributed by atoms with Crippen LogP contribution in [0.15, 0.2) is 18.2 Å². The second kappa shape index (κ2) is 8.93. The van der Waals surface area contributed by atoms with E-state index >= 15 is 0 Å². The lowest BCUT2D eigenvalue weighted by atomic mass is 10.1. The third-order valence-electron chi connectivity index (χ3n) is 3.03. The molecule has 0 aromatic heterocycles. The van der Waals surface area contributed by atoms with Gasteiger partial charge in [-0.15, -0.1) is 0 Å².